The van der Waals surface area contributed by atoms with E-state index in [1.807, 2.05) is 28.4 Å². The second-order valence-corrected chi connectivity index (χ2v) is 5.18. The first-order valence-electron chi connectivity index (χ1n) is 5.22. The van der Waals surface area contributed by atoms with E-state index in [9.17, 15) is 0 Å². The Morgan fingerprint density at radius 1 is 1.53 bits per heavy atom. The summed E-state index contributed by atoms with van der Waals surface area (Å²) < 4.78 is 5.94. The summed E-state index contributed by atoms with van der Waals surface area (Å²) in [7, 11) is 1.93. The molecule has 0 saturated heterocycles. The molecule has 1 unspecified atom stereocenters. The molecule has 7 heteroatoms. The first-order valence-corrected chi connectivity index (χ1v) is 6.93. The quantitative estimate of drug-likeness (QED) is 0.781. The minimum Gasteiger partial charge on any atom is -0.311 e. The van der Waals surface area contributed by atoms with Crippen molar-refractivity contribution in [2.75, 3.05) is 7.05 Å². The number of imidazole rings is 1. The van der Waals surface area contributed by atoms with E-state index in [-0.39, 0.29) is 6.04 Å². The molecule has 88 valence electrons. The maximum Gasteiger partial charge on any atom is 0.193 e. The van der Waals surface area contributed by atoms with E-state index in [0.29, 0.717) is 0 Å². The Bertz CT molecular complexity index is 569. The Balaban J connectivity index is 1.83. The standard InChI is InChI=1S/C10H11N5S2/c1-11-8(9-6-17-14-13-9)4-7-5-15-2-3-16-10(15)12-7/h2-3,5-6,8,11H,4H2,1H3. The van der Waals surface area contributed by atoms with Gasteiger partial charge < -0.3 is 5.32 Å². The van der Waals surface area contributed by atoms with Crippen molar-refractivity contribution in [2.24, 2.45) is 0 Å². The van der Waals surface area contributed by atoms with E-state index in [0.717, 1.165) is 22.8 Å². The third kappa shape index (κ3) is 2.08. The molecule has 0 aliphatic rings. The van der Waals surface area contributed by atoms with Crippen LogP contribution in [0, 0.1) is 0 Å². The number of nitrogens with zero attached hydrogens (tertiary/aromatic N) is 4. The van der Waals surface area contributed by atoms with Crippen molar-refractivity contribution < 1.29 is 0 Å². The van der Waals surface area contributed by atoms with Gasteiger partial charge in [0.2, 0.25) is 0 Å². The molecule has 0 fully saturated rings. The van der Waals surface area contributed by atoms with Crippen LogP contribution in [0.15, 0.2) is 23.2 Å². The van der Waals surface area contributed by atoms with Crippen LogP contribution in [-0.2, 0) is 6.42 Å². The highest BCUT2D eigenvalue weighted by molar-refractivity contribution is 7.15. The molecule has 3 heterocycles. The molecule has 17 heavy (non-hydrogen) atoms. The van der Waals surface area contributed by atoms with Crippen molar-refractivity contribution in [3.8, 4) is 0 Å². The van der Waals surface area contributed by atoms with Gasteiger partial charge in [-0.15, -0.1) is 16.4 Å². The summed E-state index contributed by atoms with van der Waals surface area (Å²) in [4.78, 5) is 5.60. The van der Waals surface area contributed by atoms with Crippen LogP contribution >= 0.6 is 22.9 Å². The Hall–Kier alpha value is -1.31. The van der Waals surface area contributed by atoms with Gasteiger partial charge in [0.25, 0.3) is 0 Å². The zero-order chi connectivity index (χ0) is 11.7. The van der Waals surface area contributed by atoms with Gasteiger partial charge in [-0.1, -0.05) is 4.49 Å². The largest absolute Gasteiger partial charge is 0.311 e. The van der Waals surface area contributed by atoms with Crippen molar-refractivity contribution in [3.05, 3.63) is 34.5 Å². The summed E-state index contributed by atoms with van der Waals surface area (Å²) in [6.45, 7) is 0. The molecule has 3 aromatic rings. The molecule has 3 rings (SSSR count). The molecule has 0 bridgehead atoms. The van der Waals surface area contributed by atoms with Crippen LogP contribution < -0.4 is 5.32 Å². The molecule has 0 saturated carbocycles. The lowest BCUT2D eigenvalue weighted by Gasteiger charge is -2.10. The fourth-order valence-electron chi connectivity index (χ4n) is 1.76. The molecule has 0 aromatic carbocycles. The summed E-state index contributed by atoms with van der Waals surface area (Å²) in [5.41, 5.74) is 2.05. The maximum absolute atomic E-state index is 4.57. The summed E-state index contributed by atoms with van der Waals surface area (Å²) in [5.74, 6) is 0. The van der Waals surface area contributed by atoms with Crippen LogP contribution in [-0.4, -0.2) is 26.0 Å². The molecule has 0 spiro atoms. The van der Waals surface area contributed by atoms with E-state index >= 15 is 0 Å². The van der Waals surface area contributed by atoms with Crippen molar-refractivity contribution in [3.63, 3.8) is 0 Å². The fraction of sp³-hybridized carbons (Fsp3) is 0.300. The van der Waals surface area contributed by atoms with Gasteiger partial charge in [-0.25, -0.2) is 4.98 Å². The van der Waals surface area contributed by atoms with Crippen molar-refractivity contribution in [1.29, 1.82) is 0 Å². The fourth-order valence-corrected chi connectivity index (χ4v) is 2.99. The second-order valence-electron chi connectivity index (χ2n) is 3.70. The van der Waals surface area contributed by atoms with Crippen LogP contribution in [0.2, 0.25) is 0 Å². The molecule has 1 N–H and O–H groups in total. The summed E-state index contributed by atoms with van der Waals surface area (Å²) >= 11 is 3.02. The normalized spacial score (nSPS) is 13.2. The zero-order valence-corrected chi connectivity index (χ0v) is 10.8. The topological polar surface area (TPSA) is 55.1 Å². The number of rotatable bonds is 4. The van der Waals surface area contributed by atoms with Crippen molar-refractivity contribution in [1.82, 2.24) is 24.3 Å². The lowest BCUT2D eigenvalue weighted by molar-refractivity contribution is 0.569. The van der Waals surface area contributed by atoms with Crippen LogP contribution in [0.25, 0.3) is 4.96 Å². The zero-order valence-electron chi connectivity index (χ0n) is 9.20. The highest BCUT2D eigenvalue weighted by Crippen LogP contribution is 2.18. The number of likely N-dealkylation sites (N-methyl/N-ethyl adjacent to an activating group) is 1. The molecule has 1 atom stereocenters. The number of fused-ring (bicyclic) bond motifs is 1. The Morgan fingerprint density at radius 3 is 3.18 bits per heavy atom. The van der Waals surface area contributed by atoms with Crippen LogP contribution in [0.3, 0.4) is 0 Å². The lowest BCUT2D eigenvalue weighted by Crippen LogP contribution is -2.19. The van der Waals surface area contributed by atoms with Crippen molar-refractivity contribution in [2.45, 2.75) is 12.5 Å². The van der Waals surface area contributed by atoms with Gasteiger partial charge in [-0.05, 0) is 18.6 Å². The SMILES string of the molecule is CNC(Cc1cn2ccsc2n1)c1csnn1. The molecule has 5 nitrogen and oxygen atoms in total. The number of thiazole rings is 1. The third-order valence-corrected chi connectivity index (χ3v) is 3.93. The second kappa shape index (κ2) is 4.52. The average Bonchev–Trinajstić information content (AvgIpc) is 3.01. The predicted molar refractivity (Wildman–Crippen MR) is 68.5 cm³/mol. The van der Waals surface area contributed by atoms with Gasteiger partial charge in [-0.2, -0.15) is 0 Å². The molecular weight excluding hydrogens is 254 g/mol. The maximum atomic E-state index is 4.57. The molecule has 0 aliphatic carbocycles. The lowest BCUT2D eigenvalue weighted by atomic mass is 10.1. The van der Waals surface area contributed by atoms with E-state index in [2.05, 4.69) is 26.1 Å². The summed E-state index contributed by atoms with van der Waals surface area (Å²) in [6.07, 6.45) is 4.92. The van der Waals surface area contributed by atoms with Gasteiger partial charge >= 0.3 is 0 Å². The molecule has 0 amide bonds. The summed E-state index contributed by atoms with van der Waals surface area (Å²) in [6, 6.07) is 0.179. The number of nitrogens with one attached hydrogen (secondary N) is 1. The highest BCUT2D eigenvalue weighted by Gasteiger charge is 2.15. The Kier molecular flexibility index (Phi) is 2.87. The number of hydrogen-bond acceptors (Lipinski definition) is 6. The minimum absolute atomic E-state index is 0.179. The van der Waals surface area contributed by atoms with Gasteiger partial charge in [0.15, 0.2) is 4.96 Å². The summed E-state index contributed by atoms with van der Waals surface area (Å²) in [5, 5.41) is 11.4. The van der Waals surface area contributed by atoms with Gasteiger partial charge in [0.05, 0.1) is 17.4 Å². The molecular formula is C10H11N5S2. The van der Waals surface area contributed by atoms with Crippen LogP contribution in [0.4, 0.5) is 0 Å². The van der Waals surface area contributed by atoms with Crippen LogP contribution in [0.1, 0.15) is 17.4 Å². The van der Waals surface area contributed by atoms with E-state index in [1.165, 1.54) is 11.5 Å². The Labute approximate surface area is 106 Å². The van der Waals surface area contributed by atoms with Crippen LogP contribution in [0.5, 0.6) is 0 Å². The molecule has 3 aromatic heterocycles. The van der Waals surface area contributed by atoms with E-state index < -0.39 is 0 Å². The average molecular weight is 265 g/mol. The van der Waals surface area contributed by atoms with E-state index in [4.69, 9.17) is 0 Å². The smallest absolute Gasteiger partial charge is 0.193 e. The monoisotopic (exact) mass is 265 g/mol. The van der Waals surface area contributed by atoms with E-state index in [1.54, 1.807) is 11.3 Å². The number of hydrogen-bond donors (Lipinski definition) is 1. The first kappa shape index (κ1) is 10.8. The Morgan fingerprint density at radius 2 is 2.47 bits per heavy atom. The van der Waals surface area contributed by atoms with Gasteiger partial charge in [-0.3, -0.25) is 4.40 Å². The number of aromatic nitrogens is 4. The molecule has 0 radical (unpaired) electrons. The van der Waals surface area contributed by atoms with Crippen molar-refractivity contribution >= 4 is 27.8 Å². The first-order chi connectivity index (χ1) is 8.36. The predicted octanol–water partition coefficient (Wildman–Crippen LogP) is 1.75. The van der Waals surface area contributed by atoms with Gasteiger partial charge in [0, 0.05) is 29.6 Å². The minimum atomic E-state index is 0.179. The molecule has 0 aliphatic heterocycles. The highest BCUT2D eigenvalue weighted by atomic mass is 32.1. The third-order valence-electron chi connectivity index (χ3n) is 2.64. The van der Waals surface area contributed by atoms with Gasteiger partial charge in [0.1, 0.15) is 0 Å².